The lowest BCUT2D eigenvalue weighted by atomic mass is 10.4. The first-order chi connectivity index (χ1) is 15.3. The summed E-state index contributed by atoms with van der Waals surface area (Å²) in [5.74, 6) is 1.15. The fraction of sp³-hybridized carbons (Fsp3) is 0.944. The van der Waals surface area contributed by atoms with Gasteiger partial charge in [0.15, 0.2) is 46.4 Å². The van der Waals surface area contributed by atoms with Gasteiger partial charge < -0.3 is 24.3 Å². The van der Waals surface area contributed by atoms with Crippen molar-refractivity contribution in [2.45, 2.75) is 71.0 Å². The van der Waals surface area contributed by atoms with Crippen LogP contribution in [0.15, 0.2) is 0 Å². The van der Waals surface area contributed by atoms with E-state index < -0.39 is 20.4 Å². The third-order valence-electron chi connectivity index (χ3n) is 3.72. The number of hydrogen-bond acceptors (Lipinski definition) is 11. The fourth-order valence-electron chi connectivity index (χ4n) is 2.35. The zero-order valence-electron chi connectivity index (χ0n) is 19.7. The first kappa shape index (κ1) is 33.8. The van der Waals surface area contributed by atoms with Crippen molar-refractivity contribution in [1.82, 2.24) is 5.32 Å². The van der Waals surface area contributed by atoms with Gasteiger partial charge in [-0.3, -0.25) is 4.79 Å². The van der Waals surface area contributed by atoms with E-state index in [-0.39, 0.29) is 5.91 Å². The Morgan fingerprint density at radius 3 is 1.56 bits per heavy atom. The summed E-state index contributed by atoms with van der Waals surface area (Å²) in [5.41, 5.74) is 0. The molecule has 0 aromatic heterocycles. The average Bonchev–Trinajstić information content (AvgIpc) is 2.74. The van der Waals surface area contributed by atoms with E-state index in [0.717, 1.165) is 6.42 Å². The summed E-state index contributed by atoms with van der Waals surface area (Å²) in [4.78, 5) is 12.2. The molecule has 0 radical (unpaired) electrons. The molecule has 2 unspecified atom stereocenters. The molecular weight excluding hydrogens is 565 g/mol. The Labute approximate surface area is 222 Å². The second kappa shape index (κ2) is 19.9. The number of ether oxygens (including phenoxy) is 4. The Morgan fingerprint density at radius 1 is 0.781 bits per heavy atom. The number of carbonyl (C=O) groups is 1. The first-order valence-corrected chi connectivity index (χ1v) is 21.4. The quantitative estimate of drug-likeness (QED) is 0.107. The van der Waals surface area contributed by atoms with Crippen LogP contribution in [0.2, 0.25) is 0 Å². The number of amides is 1. The van der Waals surface area contributed by atoms with Crippen molar-refractivity contribution in [3.05, 3.63) is 0 Å². The summed E-state index contributed by atoms with van der Waals surface area (Å²) in [7, 11) is 0. The number of carbonyl (C=O) groups excluding carboxylic acids is 1. The van der Waals surface area contributed by atoms with Crippen LogP contribution in [-0.2, 0) is 47.4 Å². The SMILES string of the molecule is CCOC(CC)(OCC)S[P+](=S)SCCC(=O)NCS[P+](=S)SC(CC)(OCC)OCC. The van der Waals surface area contributed by atoms with Gasteiger partial charge in [0.2, 0.25) is 5.91 Å². The lowest BCUT2D eigenvalue weighted by Crippen LogP contribution is -2.30. The van der Waals surface area contributed by atoms with Gasteiger partial charge in [-0.15, -0.1) is 0 Å². The molecule has 1 N–H and O–H groups in total. The highest BCUT2D eigenvalue weighted by atomic mass is 33.2. The van der Waals surface area contributed by atoms with Crippen molar-refractivity contribution in [3.63, 3.8) is 0 Å². The minimum absolute atomic E-state index is 0.00421. The second-order valence-electron chi connectivity index (χ2n) is 5.89. The standard InChI is InChI=1S/C18H36NO5P2S6/c1-7-17(21-9-3,22-10-4)31-25(27)29-14-13-16(20)19-15-30-26(28)32-18(8-2,23-11-5)24-12-6/h7-15H2,1-6H3/q+1/p+1. The molecule has 0 heterocycles. The van der Waals surface area contributed by atoms with Gasteiger partial charge in [0.25, 0.3) is 10.2 Å². The van der Waals surface area contributed by atoms with Crippen LogP contribution in [0.1, 0.15) is 60.8 Å². The van der Waals surface area contributed by atoms with Crippen molar-refractivity contribution >= 4 is 85.2 Å². The van der Waals surface area contributed by atoms with Gasteiger partial charge >= 0.3 is 10.2 Å². The van der Waals surface area contributed by atoms with Gasteiger partial charge in [-0.05, 0) is 27.7 Å². The average molecular weight is 602 g/mol. The van der Waals surface area contributed by atoms with Crippen molar-refractivity contribution in [2.24, 2.45) is 0 Å². The third-order valence-corrected chi connectivity index (χ3v) is 17.9. The Morgan fingerprint density at radius 2 is 1.19 bits per heavy atom. The van der Waals surface area contributed by atoms with E-state index in [1.54, 1.807) is 34.1 Å². The molecule has 0 aromatic carbocycles. The largest absolute Gasteiger partial charge is 0.343 e. The highest BCUT2D eigenvalue weighted by Crippen LogP contribution is 2.58. The molecular formula is C18H37NO5P2S6+2. The topological polar surface area (TPSA) is 66.0 Å². The highest BCUT2D eigenvalue weighted by molar-refractivity contribution is 8.94. The molecule has 2 atom stereocenters. The molecule has 0 aliphatic rings. The van der Waals surface area contributed by atoms with Crippen LogP contribution >= 0.6 is 55.7 Å². The maximum absolute atomic E-state index is 12.2. The first-order valence-electron chi connectivity index (χ1n) is 10.7. The molecule has 0 bridgehead atoms. The van der Waals surface area contributed by atoms with Gasteiger partial charge in [0, 0.05) is 51.4 Å². The van der Waals surface area contributed by atoms with Gasteiger partial charge in [-0.1, -0.05) is 13.8 Å². The van der Waals surface area contributed by atoms with E-state index in [1.807, 2.05) is 41.5 Å². The zero-order valence-corrected chi connectivity index (χ0v) is 26.4. The van der Waals surface area contributed by atoms with Gasteiger partial charge in [-0.2, -0.15) is 0 Å². The summed E-state index contributed by atoms with van der Waals surface area (Å²) in [6, 6.07) is 0. The lowest BCUT2D eigenvalue weighted by Gasteiger charge is -2.26. The molecule has 0 saturated carbocycles. The molecule has 188 valence electrons. The zero-order chi connectivity index (χ0) is 24.5. The van der Waals surface area contributed by atoms with Crippen molar-refractivity contribution in [2.75, 3.05) is 38.1 Å². The molecule has 32 heavy (non-hydrogen) atoms. The Hall–Kier alpha value is 1.75. The summed E-state index contributed by atoms with van der Waals surface area (Å²) in [5, 5.41) is -0.154. The predicted molar refractivity (Wildman–Crippen MR) is 154 cm³/mol. The summed E-state index contributed by atoms with van der Waals surface area (Å²) < 4.78 is 23.3. The van der Waals surface area contributed by atoms with Crippen LogP contribution in [0.4, 0.5) is 0 Å². The normalized spacial score (nSPS) is 13.2. The molecule has 1 amide bonds. The third kappa shape index (κ3) is 14.3. The van der Waals surface area contributed by atoms with Gasteiger partial charge in [0.05, 0.1) is 0 Å². The summed E-state index contributed by atoms with van der Waals surface area (Å²) >= 11 is 17.5. The number of rotatable bonds is 21. The van der Waals surface area contributed by atoms with Crippen LogP contribution in [0.3, 0.4) is 0 Å². The molecule has 0 aromatic rings. The minimum Gasteiger partial charge on any atom is -0.343 e. The Balaban J connectivity index is 4.32. The summed E-state index contributed by atoms with van der Waals surface area (Å²) in [6.07, 6.45) is 1.86. The van der Waals surface area contributed by atoms with Crippen molar-refractivity contribution in [3.8, 4) is 0 Å². The van der Waals surface area contributed by atoms with Crippen molar-refractivity contribution < 1.29 is 23.7 Å². The van der Waals surface area contributed by atoms with E-state index in [0.29, 0.717) is 50.9 Å². The number of nitrogens with one attached hydrogen (secondary N) is 1. The van der Waals surface area contributed by atoms with E-state index in [2.05, 4.69) is 5.32 Å². The predicted octanol–water partition coefficient (Wildman–Crippen LogP) is 7.20. The molecule has 6 nitrogen and oxygen atoms in total. The monoisotopic (exact) mass is 601 g/mol. The molecule has 0 spiro atoms. The molecule has 0 aliphatic heterocycles. The molecule has 14 heteroatoms. The van der Waals surface area contributed by atoms with E-state index in [1.165, 1.54) is 11.4 Å². The maximum atomic E-state index is 12.2. The van der Waals surface area contributed by atoms with Crippen molar-refractivity contribution in [1.29, 1.82) is 0 Å². The smallest absolute Gasteiger partial charge is 0.324 e. The molecule has 0 saturated heterocycles. The summed E-state index contributed by atoms with van der Waals surface area (Å²) in [6.45, 7) is 14.1. The van der Waals surface area contributed by atoms with E-state index in [4.69, 9.17) is 42.6 Å². The van der Waals surface area contributed by atoms with Crippen LogP contribution in [-0.4, -0.2) is 54.2 Å². The maximum Gasteiger partial charge on any atom is 0.324 e. The van der Waals surface area contributed by atoms with E-state index >= 15 is 0 Å². The van der Waals surface area contributed by atoms with Gasteiger partial charge in [-0.25, -0.2) is 0 Å². The molecule has 0 fully saturated rings. The van der Waals surface area contributed by atoms with Crippen LogP contribution < -0.4 is 5.32 Å². The Kier molecular flexibility index (Phi) is 21.0. The Bertz CT molecular complexity index is 518. The van der Waals surface area contributed by atoms with Gasteiger partial charge in [0.1, 0.15) is 28.6 Å². The minimum atomic E-state index is -0.874. The molecule has 0 rings (SSSR count). The van der Waals surface area contributed by atoms with Crippen LogP contribution in [0, 0.1) is 0 Å². The molecule has 0 aliphatic carbocycles. The number of hydrogen-bond donors (Lipinski definition) is 1. The lowest BCUT2D eigenvalue weighted by molar-refractivity contribution is -0.165. The fourth-order valence-corrected chi connectivity index (χ4v) is 16.3. The second-order valence-corrected chi connectivity index (χ2v) is 23.0. The van der Waals surface area contributed by atoms with E-state index in [9.17, 15) is 4.79 Å². The highest BCUT2D eigenvalue weighted by Gasteiger charge is 2.41. The van der Waals surface area contributed by atoms with Crippen LogP contribution in [0.5, 0.6) is 0 Å². The van der Waals surface area contributed by atoms with Crippen LogP contribution in [0.25, 0.3) is 0 Å².